The van der Waals surface area contributed by atoms with Crippen LogP contribution in [0, 0.1) is 3.57 Å². The van der Waals surface area contributed by atoms with Crippen molar-refractivity contribution in [3.8, 4) is 0 Å². The minimum Gasteiger partial charge on any atom is -0.396 e. The van der Waals surface area contributed by atoms with Crippen LogP contribution in [-0.4, -0.2) is 17.6 Å². The molecule has 3 nitrogen and oxygen atoms in total. The summed E-state index contributed by atoms with van der Waals surface area (Å²) in [4.78, 5) is 11.3. The van der Waals surface area contributed by atoms with Crippen LogP contribution in [0.25, 0.3) is 0 Å². The topological polar surface area (TPSA) is 49.3 Å². The fraction of sp³-hybridized carbons (Fsp3) is 0.300. The molecule has 4 heteroatoms. The number of benzene rings is 1. The van der Waals surface area contributed by atoms with Crippen molar-refractivity contribution < 1.29 is 9.90 Å². The first-order valence-electron chi connectivity index (χ1n) is 4.38. The van der Waals surface area contributed by atoms with Gasteiger partial charge in [-0.05, 0) is 47.2 Å². The number of halogens is 1. The molecule has 0 radical (unpaired) electrons. The van der Waals surface area contributed by atoms with E-state index in [-0.39, 0.29) is 12.5 Å². The third-order valence-corrected chi connectivity index (χ3v) is 2.34. The smallest absolute Gasteiger partial charge is 0.224 e. The summed E-state index contributed by atoms with van der Waals surface area (Å²) in [5.74, 6) is -0.0546. The highest BCUT2D eigenvalue weighted by Crippen LogP contribution is 2.12. The second-order valence-corrected chi connectivity index (χ2v) is 4.13. The van der Waals surface area contributed by atoms with Crippen LogP contribution in [0.1, 0.15) is 12.8 Å². The Kier molecular flexibility index (Phi) is 4.89. The highest BCUT2D eigenvalue weighted by atomic mass is 127. The molecule has 0 spiro atoms. The molecular formula is C10H12INO2. The summed E-state index contributed by atoms with van der Waals surface area (Å²) in [7, 11) is 0. The van der Waals surface area contributed by atoms with Gasteiger partial charge in [-0.1, -0.05) is 6.07 Å². The standard InChI is InChI=1S/C10H12INO2/c11-8-3-1-4-9(7-8)12-10(14)5-2-6-13/h1,3-4,7,13H,2,5-6H2,(H,12,14). The Morgan fingerprint density at radius 3 is 2.93 bits per heavy atom. The first-order valence-corrected chi connectivity index (χ1v) is 5.46. The summed E-state index contributed by atoms with van der Waals surface area (Å²) in [5.41, 5.74) is 0.805. The lowest BCUT2D eigenvalue weighted by Crippen LogP contribution is -2.11. The molecule has 0 atom stereocenters. The van der Waals surface area contributed by atoms with E-state index in [1.807, 2.05) is 24.3 Å². The molecule has 0 aliphatic rings. The summed E-state index contributed by atoms with van der Waals surface area (Å²) < 4.78 is 1.09. The van der Waals surface area contributed by atoms with Gasteiger partial charge in [-0.2, -0.15) is 0 Å². The first kappa shape index (κ1) is 11.5. The zero-order valence-corrected chi connectivity index (χ0v) is 9.82. The van der Waals surface area contributed by atoms with Gasteiger partial charge in [-0.15, -0.1) is 0 Å². The van der Waals surface area contributed by atoms with Gasteiger partial charge in [0.05, 0.1) is 0 Å². The molecule has 0 bridgehead atoms. The van der Waals surface area contributed by atoms with Crippen molar-refractivity contribution in [2.24, 2.45) is 0 Å². The second-order valence-electron chi connectivity index (χ2n) is 2.89. The molecule has 2 N–H and O–H groups in total. The van der Waals surface area contributed by atoms with E-state index in [0.717, 1.165) is 9.26 Å². The molecule has 0 aromatic heterocycles. The minimum atomic E-state index is -0.0546. The summed E-state index contributed by atoms with van der Waals surface area (Å²) in [6.07, 6.45) is 0.873. The maximum atomic E-state index is 11.3. The number of anilines is 1. The third-order valence-electron chi connectivity index (χ3n) is 1.67. The predicted molar refractivity (Wildman–Crippen MR) is 64.1 cm³/mol. The molecule has 76 valence electrons. The molecule has 0 fully saturated rings. The fourth-order valence-electron chi connectivity index (χ4n) is 1.03. The maximum absolute atomic E-state index is 11.3. The van der Waals surface area contributed by atoms with Gasteiger partial charge < -0.3 is 10.4 Å². The van der Waals surface area contributed by atoms with Gasteiger partial charge in [0.25, 0.3) is 0 Å². The minimum absolute atomic E-state index is 0.0546. The normalized spacial score (nSPS) is 9.86. The van der Waals surface area contributed by atoms with Crippen LogP contribution in [0.15, 0.2) is 24.3 Å². The third kappa shape index (κ3) is 4.06. The van der Waals surface area contributed by atoms with Gasteiger partial charge in [0, 0.05) is 22.3 Å². The van der Waals surface area contributed by atoms with Crippen LogP contribution in [0.5, 0.6) is 0 Å². The van der Waals surface area contributed by atoms with Crippen molar-refractivity contribution in [2.75, 3.05) is 11.9 Å². The van der Waals surface area contributed by atoms with Gasteiger partial charge in [0.2, 0.25) is 5.91 Å². The Labute approximate surface area is 96.7 Å². The number of carbonyl (C=O) groups is 1. The molecule has 0 unspecified atom stereocenters. The van der Waals surface area contributed by atoms with Crippen LogP contribution >= 0.6 is 22.6 Å². The number of carbonyl (C=O) groups excluding carboxylic acids is 1. The van der Waals surface area contributed by atoms with E-state index < -0.39 is 0 Å². The number of hydrogen-bond donors (Lipinski definition) is 2. The van der Waals surface area contributed by atoms with Crippen molar-refractivity contribution in [1.29, 1.82) is 0 Å². The van der Waals surface area contributed by atoms with E-state index in [2.05, 4.69) is 27.9 Å². The van der Waals surface area contributed by atoms with Crippen molar-refractivity contribution in [3.63, 3.8) is 0 Å². The monoisotopic (exact) mass is 305 g/mol. The van der Waals surface area contributed by atoms with Gasteiger partial charge in [0.1, 0.15) is 0 Å². The zero-order valence-electron chi connectivity index (χ0n) is 7.66. The van der Waals surface area contributed by atoms with Crippen LogP contribution in [0.2, 0.25) is 0 Å². The van der Waals surface area contributed by atoms with Crippen LogP contribution < -0.4 is 5.32 Å². The lowest BCUT2D eigenvalue weighted by atomic mass is 10.3. The molecule has 1 aromatic rings. The van der Waals surface area contributed by atoms with E-state index >= 15 is 0 Å². The Balaban J connectivity index is 2.47. The average Bonchev–Trinajstić information content (AvgIpc) is 2.15. The van der Waals surface area contributed by atoms with Gasteiger partial charge in [-0.25, -0.2) is 0 Å². The lowest BCUT2D eigenvalue weighted by Gasteiger charge is -2.04. The molecule has 0 aliphatic carbocycles. The Morgan fingerprint density at radius 2 is 2.29 bits per heavy atom. The summed E-state index contributed by atoms with van der Waals surface area (Å²) >= 11 is 2.19. The van der Waals surface area contributed by atoms with Gasteiger partial charge in [-0.3, -0.25) is 4.79 Å². The largest absolute Gasteiger partial charge is 0.396 e. The quantitative estimate of drug-likeness (QED) is 0.836. The molecule has 0 saturated carbocycles. The van der Waals surface area contributed by atoms with Crippen molar-refractivity contribution in [3.05, 3.63) is 27.8 Å². The highest BCUT2D eigenvalue weighted by molar-refractivity contribution is 14.1. The van der Waals surface area contributed by atoms with Crippen molar-refractivity contribution in [1.82, 2.24) is 0 Å². The highest BCUT2D eigenvalue weighted by Gasteiger charge is 2.01. The number of aliphatic hydroxyl groups excluding tert-OH is 1. The van der Waals surface area contributed by atoms with Crippen molar-refractivity contribution >= 4 is 34.2 Å². The van der Waals surface area contributed by atoms with Crippen LogP contribution in [0.4, 0.5) is 5.69 Å². The molecule has 1 rings (SSSR count). The molecule has 1 amide bonds. The van der Waals surface area contributed by atoms with Crippen molar-refractivity contribution in [2.45, 2.75) is 12.8 Å². The van der Waals surface area contributed by atoms with Crippen LogP contribution in [0.3, 0.4) is 0 Å². The maximum Gasteiger partial charge on any atom is 0.224 e. The predicted octanol–water partition coefficient (Wildman–Crippen LogP) is 2.00. The summed E-state index contributed by atoms with van der Waals surface area (Å²) in [6, 6.07) is 7.60. The summed E-state index contributed by atoms with van der Waals surface area (Å²) in [6.45, 7) is 0.0553. The molecule has 0 saturated heterocycles. The van der Waals surface area contributed by atoms with E-state index in [4.69, 9.17) is 5.11 Å². The SMILES string of the molecule is O=C(CCCO)Nc1cccc(I)c1. The van der Waals surface area contributed by atoms with E-state index in [0.29, 0.717) is 12.8 Å². The lowest BCUT2D eigenvalue weighted by molar-refractivity contribution is -0.116. The number of rotatable bonds is 4. The molecule has 14 heavy (non-hydrogen) atoms. The summed E-state index contributed by atoms with van der Waals surface area (Å²) in [5, 5.41) is 11.3. The van der Waals surface area contributed by atoms with E-state index in [1.165, 1.54) is 0 Å². The molecule has 0 heterocycles. The Bertz CT molecular complexity index is 315. The van der Waals surface area contributed by atoms with Crippen LogP contribution in [-0.2, 0) is 4.79 Å². The fourth-order valence-corrected chi connectivity index (χ4v) is 1.57. The van der Waals surface area contributed by atoms with E-state index in [9.17, 15) is 4.79 Å². The van der Waals surface area contributed by atoms with Gasteiger partial charge >= 0.3 is 0 Å². The number of amides is 1. The number of aliphatic hydroxyl groups is 1. The number of nitrogens with one attached hydrogen (secondary N) is 1. The van der Waals surface area contributed by atoms with E-state index in [1.54, 1.807) is 0 Å². The van der Waals surface area contributed by atoms with Gasteiger partial charge in [0.15, 0.2) is 0 Å². The zero-order chi connectivity index (χ0) is 10.4. The number of hydrogen-bond acceptors (Lipinski definition) is 2. The Hall–Kier alpha value is -0.620. The molecule has 0 aliphatic heterocycles. The molecule has 1 aromatic carbocycles. The first-order chi connectivity index (χ1) is 6.72. The molecular weight excluding hydrogens is 293 g/mol. The average molecular weight is 305 g/mol. The second kappa shape index (κ2) is 5.98. The Morgan fingerprint density at radius 1 is 1.50 bits per heavy atom.